The van der Waals surface area contributed by atoms with Gasteiger partial charge >= 0.3 is 5.97 Å². The standard InChI is InChI=1S/C27H28N4O4S/c1-16-9-8-13-19(26(34)35)27(16,29-2)31-21-14-7-6-12-18(21)22(17-10-4-3-5-11-17)30-23(25(31)33)24(32)20(28)15-36/h3-14,19-20,23,29,36H,15,28H2,1-2H3,(H,34,35). The summed E-state index contributed by atoms with van der Waals surface area (Å²) in [5.41, 5.74) is 7.31. The van der Waals surface area contributed by atoms with Gasteiger partial charge in [-0.05, 0) is 25.6 Å². The molecule has 1 amide bonds. The number of carbonyl (C=O) groups is 3. The van der Waals surface area contributed by atoms with Gasteiger partial charge in [-0.15, -0.1) is 0 Å². The molecule has 0 fully saturated rings. The number of hydrogen-bond acceptors (Lipinski definition) is 7. The topological polar surface area (TPSA) is 125 Å². The van der Waals surface area contributed by atoms with Crippen molar-refractivity contribution in [3.63, 3.8) is 0 Å². The number of nitrogens with one attached hydrogen (secondary N) is 1. The molecule has 4 N–H and O–H groups in total. The highest BCUT2D eigenvalue weighted by Gasteiger charge is 2.54. The number of benzodiazepines with no additional fused rings is 1. The smallest absolute Gasteiger partial charge is 0.314 e. The van der Waals surface area contributed by atoms with Crippen LogP contribution in [0.25, 0.3) is 0 Å². The number of ketones is 1. The average Bonchev–Trinajstić information content (AvgIpc) is 3.02. The lowest BCUT2D eigenvalue weighted by Gasteiger charge is -2.48. The van der Waals surface area contributed by atoms with E-state index in [1.807, 2.05) is 42.5 Å². The molecular weight excluding hydrogens is 476 g/mol. The molecule has 1 heterocycles. The Morgan fingerprint density at radius 3 is 2.50 bits per heavy atom. The van der Waals surface area contributed by atoms with E-state index in [0.717, 1.165) is 0 Å². The number of fused-ring (bicyclic) bond motifs is 1. The van der Waals surface area contributed by atoms with Crippen LogP contribution >= 0.6 is 12.6 Å². The van der Waals surface area contributed by atoms with E-state index in [0.29, 0.717) is 28.1 Å². The second kappa shape index (κ2) is 10.2. The fourth-order valence-corrected chi connectivity index (χ4v) is 5.08. The summed E-state index contributed by atoms with van der Waals surface area (Å²) in [6.07, 6.45) is 4.94. The van der Waals surface area contributed by atoms with E-state index in [1.54, 1.807) is 38.3 Å². The molecule has 1 aliphatic carbocycles. The first kappa shape index (κ1) is 25.6. The largest absolute Gasteiger partial charge is 0.481 e. The van der Waals surface area contributed by atoms with Crippen molar-refractivity contribution in [3.8, 4) is 0 Å². The lowest BCUT2D eigenvalue weighted by atomic mass is 9.79. The lowest BCUT2D eigenvalue weighted by molar-refractivity contribution is -0.142. The molecule has 0 aromatic heterocycles. The van der Waals surface area contributed by atoms with E-state index >= 15 is 0 Å². The van der Waals surface area contributed by atoms with Crippen molar-refractivity contribution >= 4 is 41.7 Å². The van der Waals surface area contributed by atoms with Crippen molar-refractivity contribution in [1.29, 1.82) is 0 Å². The molecule has 4 rings (SSSR count). The van der Waals surface area contributed by atoms with Crippen LogP contribution < -0.4 is 16.0 Å². The van der Waals surface area contributed by atoms with Crippen molar-refractivity contribution in [2.75, 3.05) is 17.7 Å². The van der Waals surface area contributed by atoms with Crippen LogP contribution in [-0.4, -0.2) is 59.0 Å². The molecule has 186 valence electrons. The molecule has 0 saturated heterocycles. The minimum Gasteiger partial charge on any atom is -0.481 e. The Morgan fingerprint density at radius 1 is 1.19 bits per heavy atom. The second-order valence-electron chi connectivity index (χ2n) is 8.70. The van der Waals surface area contributed by atoms with Crippen LogP contribution in [0.3, 0.4) is 0 Å². The molecule has 4 unspecified atom stereocenters. The van der Waals surface area contributed by atoms with Gasteiger partial charge in [-0.25, -0.2) is 0 Å². The van der Waals surface area contributed by atoms with Gasteiger partial charge in [-0.2, -0.15) is 12.6 Å². The number of aliphatic carboxylic acids is 1. The van der Waals surface area contributed by atoms with Crippen molar-refractivity contribution < 1.29 is 19.5 Å². The maximum atomic E-state index is 14.4. The number of carbonyl (C=O) groups excluding carboxylic acids is 2. The third-order valence-electron chi connectivity index (χ3n) is 6.69. The molecule has 0 saturated carbocycles. The van der Waals surface area contributed by atoms with Gasteiger partial charge < -0.3 is 10.8 Å². The van der Waals surface area contributed by atoms with Crippen LogP contribution in [0, 0.1) is 5.92 Å². The number of Topliss-reactive ketones (excluding diaryl/α,β-unsaturated/α-hetero) is 1. The van der Waals surface area contributed by atoms with Gasteiger partial charge in [0, 0.05) is 16.9 Å². The van der Waals surface area contributed by atoms with E-state index in [1.165, 1.54) is 11.0 Å². The van der Waals surface area contributed by atoms with E-state index in [2.05, 4.69) is 17.9 Å². The number of aliphatic imine (C=N–C) groups is 1. The number of anilines is 1. The van der Waals surface area contributed by atoms with Crippen molar-refractivity contribution in [1.82, 2.24) is 5.32 Å². The predicted molar refractivity (Wildman–Crippen MR) is 142 cm³/mol. The Morgan fingerprint density at radius 2 is 1.86 bits per heavy atom. The fourth-order valence-electron chi connectivity index (χ4n) is 4.90. The number of likely N-dealkylation sites (N-methyl/N-ethyl adjacent to an activating group) is 1. The maximum Gasteiger partial charge on any atom is 0.314 e. The summed E-state index contributed by atoms with van der Waals surface area (Å²) in [4.78, 5) is 46.4. The molecule has 8 nitrogen and oxygen atoms in total. The molecule has 0 spiro atoms. The Bertz CT molecular complexity index is 1290. The molecule has 2 aromatic carbocycles. The first-order chi connectivity index (χ1) is 17.3. The van der Waals surface area contributed by atoms with Gasteiger partial charge in [0.2, 0.25) is 0 Å². The average molecular weight is 505 g/mol. The molecule has 1 aliphatic heterocycles. The van der Waals surface area contributed by atoms with Crippen LogP contribution in [0.5, 0.6) is 0 Å². The summed E-state index contributed by atoms with van der Waals surface area (Å²) in [7, 11) is 1.60. The zero-order valence-corrected chi connectivity index (χ0v) is 20.9. The number of para-hydroxylation sites is 1. The molecule has 4 atom stereocenters. The summed E-state index contributed by atoms with van der Waals surface area (Å²) in [6, 6.07) is 13.8. The second-order valence-corrected chi connectivity index (χ2v) is 9.06. The summed E-state index contributed by atoms with van der Waals surface area (Å²) in [5, 5.41) is 13.3. The van der Waals surface area contributed by atoms with Crippen molar-refractivity contribution in [2.24, 2.45) is 16.6 Å². The number of thiol groups is 1. The molecule has 0 bridgehead atoms. The number of benzene rings is 2. The quantitative estimate of drug-likeness (QED) is 0.338. The number of allylic oxidation sites excluding steroid dienone is 2. The number of carboxylic acid groups (broad SMARTS) is 1. The molecule has 9 heteroatoms. The van der Waals surface area contributed by atoms with Crippen LogP contribution in [0.1, 0.15) is 18.1 Å². The monoisotopic (exact) mass is 504 g/mol. The van der Waals surface area contributed by atoms with Crippen molar-refractivity contribution in [2.45, 2.75) is 24.7 Å². The van der Waals surface area contributed by atoms with Crippen LogP contribution in [0.2, 0.25) is 0 Å². The van der Waals surface area contributed by atoms with Gasteiger partial charge in [0.15, 0.2) is 11.8 Å². The summed E-state index contributed by atoms with van der Waals surface area (Å²) >= 11 is 4.16. The first-order valence-electron chi connectivity index (χ1n) is 11.5. The molecule has 2 aliphatic rings. The van der Waals surface area contributed by atoms with Crippen molar-refractivity contribution in [3.05, 3.63) is 89.5 Å². The highest BCUT2D eigenvalue weighted by molar-refractivity contribution is 7.80. The Balaban J connectivity index is 2.06. The SMILES string of the molecule is CNC1(N2C(=O)C(C(=O)C(N)CS)N=C(c3ccccc3)c3ccccc32)C(C)=CC=CC1C(=O)O. The summed E-state index contributed by atoms with van der Waals surface area (Å²) in [5.74, 6) is -3.49. The van der Waals surface area contributed by atoms with Gasteiger partial charge in [-0.3, -0.25) is 29.6 Å². The molecule has 36 heavy (non-hydrogen) atoms. The Labute approximate surface area is 215 Å². The third-order valence-corrected chi connectivity index (χ3v) is 7.09. The molecule has 0 radical (unpaired) electrons. The molecular formula is C27H28N4O4S. The van der Waals surface area contributed by atoms with Gasteiger partial charge in [0.25, 0.3) is 5.91 Å². The number of nitrogens with two attached hydrogens (primary N) is 1. The number of nitrogens with zero attached hydrogens (tertiary/aromatic N) is 2. The van der Waals surface area contributed by atoms with Crippen LogP contribution in [0.4, 0.5) is 5.69 Å². The van der Waals surface area contributed by atoms with Gasteiger partial charge in [-0.1, -0.05) is 66.8 Å². The summed E-state index contributed by atoms with van der Waals surface area (Å²) in [6.45, 7) is 1.76. The zero-order valence-electron chi connectivity index (χ0n) is 20.0. The maximum absolute atomic E-state index is 14.4. The Hall–Kier alpha value is -3.53. The van der Waals surface area contributed by atoms with Crippen LogP contribution in [-0.2, 0) is 14.4 Å². The minimum absolute atomic E-state index is 0.0301. The third kappa shape index (κ3) is 4.09. The first-order valence-corrected chi connectivity index (χ1v) is 12.1. The van der Waals surface area contributed by atoms with E-state index in [-0.39, 0.29) is 5.75 Å². The zero-order chi connectivity index (χ0) is 26.0. The number of carboxylic acids is 1. The van der Waals surface area contributed by atoms with Crippen LogP contribution in [0.15, 0.2) is 83.4 Å². The summed E-state index contributed by atoms with van der Waals surface area (Å²) < 4.78 is 0. The Kier molecular flexibility index (Phi) is 7.26. The number of rotatable bonds is 7. The highest BCUT2D eigenvalue weighted by atomic mass is 32.1. The highest BCUT2D eigenvalue weighted by Crippen LogP contribution is 2.41. The molecule has 2 aromatic rings. The normalized spacial score (nSPS) is 24.3. The van der Waals surface area contributed by atoms with Gasteiger partial charge in [0.1, 0.15) is 11.6 Å². The lowest BCUT2D eigenvalue weighted by Crippen LogP contribution is -2.69. The van der Waals surface area contributed by atoms with E-state index in [4.69, 9.17) is 10.7 Å². The fraction of sp³-hybridized carbons (Fsp3) is 0.259. The number of hydrogen-bond donors (Lipinski definition) is 4. The number of amides is 1. The van der Waals surface area contributed by atoms with E-state index in [9.17, 15) is 19.5 Å². The van der Waals surface area contributed by atoms with Gasteiger partial charge in [0.05, 0.1) is 17.4 Å². The van der Waals surface area contributed by atoms with E-state index < -0.39 is 41.3 Å². The minimum atomic E-state index is -1.50. The predicted octanol–water partition coefficient (Wildman–Crippen LogP) is 2.20.